The van der Waals surface area contributed by atoms with Crippen LogP contribution in [0.3, 0.4) is 0 Å². The van der Waals surface area contributed by atoms with Gasteiger partial charge < -0.3 is 16.0 Å². The minimum Gasteiger partial charge on any atom is -0.339 e. The first-order valence-electron chi connectivity index (χ1n) is 9.24. The monoisotopic (exact) mass is 379 g/mol. The van der Waals surface area contributed by atoms with Gasteiger partial charge in [-0.1, -0.05) is 51.6 Å². The van der Waals surface area contributed by atoms with Crippen LogP contribution in [0.5, 0.6) is 0 Å². The van der Waals surface area contributed by atoms with Crippen molar-refractivity contribution in [1.29, 1.82) is 0 Å². The topological polar surface area (TPSA) is 75.4 Å². The standard InChI is InChI=1S/C20H30ClN3O2/c1-20(2,3)17(22)18(25)23-13-10-11-15(16(21)12-13)19(26)24(4)14-8-6-5-7-9-14/h10-12,14,17H,5-9,22H2,1-4H3,(H,23,25)/t17-/m1/s1. The van der Waals surface area contributed by atoms with E-state index in [-0.39, 0.29) is 23.3 Å². The molecular formula is C20H30ClN3O2. The third-order valence-corrected chi connectivity index (χ3v) is 5.44. The van der Waals surface area contributed by atoms with Crippen molar-refractivity contribution in [2.75, 3.05) is 12.4 Å². The van der Waals surface area contributed by atoms with Gasteiger partial charge in [-0.2, -0.15) is 0 Å². The Bertz CT molecular complexity index is 664. The predicted molar refractivity (Wildman–Crippen MR) is 106 cm³/mol. The average Bonchev–Trinajstić information content (AvgIpc) is 2.60. The fraction of sp³-hybridized carbons (Fsp3) is 0.600. The molecule has 0 saturated heterocycles. The van der Waals surface area contributed by atoms with Crippen LogP contribution in [0.2, 0.25) is 5.02 Å². The van der Waals surface area contributed by atoms with Crippen LogP contribution in [0.1, 0.15) is 63.2 Å². The lowest BCUT2D eigenvalue weighted by Gasteiger charge is -2.31. The molecule has 0 unspecified atom stereocenters. The highest BCUT2D eigenvalue weighted by Gasteiger charge is 2.28. The summed E-state index contributed by atoms with van der Waals surface area (Å²) in [7, 11) is 1.84. The van der Waals surface area contributed by atoms with E-state index in [9.17, 15) is 9.59 Å². The zero-order chi connectivity index (χ0) is 19.5. The Kier molecular flexibility index (Phi) is 6.69. The van der Waals surface area contributed by atoms with Crippen molar-refractivity contribution >= 4 is 29.1 Å². The lowest BCUT2D eigenvalue weighted by atomic mass is 9.87. The molecule has 26 heavy (non-hydrogen) atoms. The Morgan fingerprint density at radius 1 is 1.23 bits per heavy atom. The molecule has 1 fully saturated rings. The first-order valence-corrected chi connectivity index (χ1v) is 9.62. The van der Waals surface area contributed by atoms with Gasteiger partial charge in [0.15, 0.2) is 0 Å². The van der Waals surface area contributed by atoms with Gasteiger partial charge in [0.05, 0.1) is 16.6 Å². The molecule has 144 valence electrons. The second kappa shape index (κ2) is 8.40. The molecule has 1 saturated carbocycles. The number of benzene rings is 1. The Morgan fingerprint density at radius 3 is 2.38 bits per heavy atom. The van der Waals surface area contributed by atoms with E-state index in [0.717, 1.165) is 25.7 Å². The van der Waals surface area contributed by atoms with E-state index < -0.39 is 6.04 Å². The van der Waals surface area contributed by atoms with Gasteiger partial charge in [-0.05, 0) is 36.5 Å². The Morgan fingerprint density at radius 2 is 1.85 bits per heavy atom. The van der Waals surface area contributed by atoms with Crippen LogP contribution in [0.25, 0.3) is 0 Å². The van der Waals surface area contributed by atoms with Crippen LogP contribution in [0.4, 0.5) is 5.69 Å². The first-order chi connectivity index (χ1) is 12.1. The molecule has 0 bridgehead atoms. The summed E-state index contributed by atoms with van der Waals surface area (Å²) in [6.45, 7) is 5.73. The van der Waals surface area contributed by atoms with Crippen LogP contribution in [-0.4, -0.2) is 35.8 Å². The highest BCUT2D eigenvalue weighted by atomic mass is 35.5. The molecule has 1 atom stereocenters. The smallest absolute Gasteiger partial charge is 0.255 e. The van der Waals surface area contributed by atoms with Crippen molar-refractivity contribution in [2.45, 2.75) is 65.0 Å². The number of nitrogens with two attached hydrogens (primary N) is 1. The number of nitrogens with one attached hydrogen (secondary N) is 1. The van der Waals surface area contributed by atoms with E-state index in [1.54, 1.807) is 23.1 Å². The number of halogens is 1. The summed E-state index contributed by atoms with van der Waals surface area (Å²) in [5, 5.41) is 3.11. The SMILES string of the molecule is CN(C(=O)c1ccc(NC(=O)[C@@H](N)C(C)(C)C)cc1Cl)C1CCCCC1. The van der Waals surface area contributed by atoms with Crippen molar-refractivity contribution in [3.63, 3.8) is 0 Å². The van der Waals surface area contributed by atoms with E-state index in [1.165, 1.54) is 6.42 Å². The van der Waals surface area contributed by atoms with Gasteiger partial charge in [0.25, 0.3) is 5.91 Å². The van der Waals surface area contributed by atoms with Gasteiger partial charge in [0.1, 0.15) is 0 Å². The maximum Gasteiger partial charge on any atom is 0.255 e. The van der Waals surface area contributed by atoms with E-state index in [2.05, 4.69) is 5.32 Å². The summed E-state index contributed by atoms with van der Waals surface area (Å²) in [6, 6.07) is 4.61. The maximum absolute atomic E-state index is 12.8. The largest absolute Gasteiger partial charge is 0.339 e. The lowest BCUT2D eigenvalue weighted by molar-refractivity contribution is -0.119. The Labute approximate surface area is 161 Å². The summed E-state index contributed by atoms with van der Waals surface area (Å²) >= 11 is 6.33. The van der Waals surface area contributed by atoms with Gasteiger partial charge in [-0.15, -0.1) is 0 Å². The van der Waals surface area contributed by atoms with E-state index in [0.29, 0.717) is 16.3 Å². The van der Waals surface area contributed by atoms with Crippen molar-refractivity contribution in [3.05, 3.63) is 28.8 Å². The molecule has 1 aromatic rings. The quantitative estimate of drug-likeness (QED) is 0.828. The van der Waals surface area contributed by atoms with Crippen molar-refractivity contribution in [3.8, 4) is 0 Å². The molecule has 3 N–H and O–H groups in total. The Balaban J connectivity index is 2.09. The molecule has 1 aliphatic carbocycles. The highest BCUT2D eigenvalue weighted by molar-refractivity contribution is 6.34. The molecule has 1 aromatic carbocycles. The molecule has 5 nitrogen and oxygen atoms in total. The molecule has 1 aliphatic rings. The van der Waals surface area contributed by atoms with Crippen molar-refractivity contribution in [1.82, 2.24) is 4.90 Å². The lowest BCUT2D eigenvalue weighted by Crippen LogP contribution is -2.45. The summed E-state index contributed by atoms with van der Waals surface area (Å²) < 4.78 is 0. The minimum absolute atomic E-state index is 0.0776. The van der Waals surface area contributed by atoms with Gasteiger partial charge in [-0.3, -0.25) is 9.59 Å². The number of anilines is 1. The molecule has 0 heterocycles. The van der Waals surface area contributed by atoms with E-state index >= 15 is 0 Å². The van der Waals surface area contributed by atoms with Gasteiger partial charge in [0, 0.05) is 18.8 Å². The van der Waals surface area contributed by atoms with E-state index in [1.807, 2.05) is 27.8 Å². The fourth-order valence-electron chi connectivity index (χ4n) is 3.20. The third kappa shape index (κ3) is 4.98. The third-order valence-electron chi connectivity index (χ3n) is 5.13. The number of rotatable bonds is 4. The molecule has 2 rings (SSSR count). The van der Waals surface area contributed by atoms with Crippen LogP contribution < -0.4 is 11.1 Å². The van der Waals surface area contributed by atoms with Gasteiger partial charge >= 0.3 is 0 Å². The molecule has 0 radical (unpaired) electrons. The molecule has 0 aliphatic heterocycles. The summed E-state index contributed by atoms with van der Waals surface area (Å²) in [4.78, 5) is 26.8. The second-order valence-corrected chi connectivity index (χ2v) is 8.64. The zero-order valence-electron chi connectivity index (χ0n) is 16.1. The van der Waals surface area contributed by atoms with Crippen LogP contribution in [-0.2, 0) is 4.79 Å². The number of carbonyl (C=O) groups excluding carboxylic acids is 2. The second-order valence-electron chi connectivity index (χ2n) is 8.24. The molecule has 0 spiro atoms. The van der Waals surface area contributed by atoms with Crippen LogP contribution >= 0.6 is 11.6 Å². The van der Waals surface area contributed by atoms with Crippen molar-refractivity contribution in [2.24, 2.45) is 11.1 Å². The van der Waals surface area contributed by atoms with Gasteiger partial charge in [-0.25, -0.2) is 0 Å². The number of carbonyl (C=O) groups is 2. The summed E-state index contributed by atoms with van der Waals surface area (Å²) in [6.07, 6.45) is 5.64. The fourth-order valence-corrected chi connectivity index (χ4v) is 3.47. The predicted octanol–water partition coefficient (Wildman–Crippen LogP) is 4.06. The summed E-state index contributed by atoms with van der Waals surface area (Å²) in [5.74, 6) is -0.349. The summed E-state index contributed by atoms with van der Waals surface area (Å²) in [5.41, 5.74) is 6.63. The highest BCUT2D eigenvalue weighted by Crippen LogP contribution is 2.27. The number of amides is 2. The number of hydrogen-bond donors (Lipinski definition) is 2. The van der Waals surface area contributed by atoms with Crippen LogP contribution in [0.15, 0.2) is 18.2 Å². The average molecular weight is 380 g/mol. The molecular weight excluding hydrogens is 350 g/mol. The normalized spacial score (nSPS) is 16.8. The van der Waals surface area contributed by atoms with Crippen molar-refractivity contribution < 1.29 is 9.59 Å². The van der Waals surface area contributed by atoms with E-state index in [4.69, 9.17) is 17.3 Å². The molecule has 0 aromatic heterocycles. The molecule has 2 amide bonds. The maximum atomic E-state index is 12.8. The van der Waals surface area contributed by atoms with Crippen LogP contribution in [0, 0.1) is 5.41 Å². The molecule has 6 heteroatoms. The minimum atomic E-state index is -0.639. The Hall–Kier alpha value is -1.59. The first kappa shape index (κ1) is 20.7. The number of hydrogen-bond acceptors (Lipinski definition) is 3. The number of nitrogens with zero attached hydrogens (tertiary/aromatic N) is 1. The van der Waals surface area contributed by atoms with Gasteiger partial charge in [0.2, 0.25) is 5.91 Å². The zero-order valence-corrected chi connectivity index (χ0v) is 16.9.